The van der Waals surface area contributed by atoms with Gasteiger partial charge < -0.3 is 19.7 Å². The number of phenolic OH excluding ortho intramolecular Hbond substituents is 1. The predicted molar refractivity (Wildman–Crippen MR) is 109 cm³/mol. The number of anilines is 1. The molecule has 0 bridgehead atoms. The van der Waals surface area contributed by atoms with Crippen LogP contribution in [0.25, 0.3) is 33.4 Å². The number of piperazine rings is 1. The normalized spacial score (nSPS) is 17.5. The van der Waals surface area contributed by atoms with E-state index in [0.717, 1.165) is 36.5 Å². The van der Waals surface area contributed by atoms with Gasteiger partial charge in [0.05, 0.1) is 16.7 Å². The highest BCUT2D eigenvalue weighted by Gasteiger charge is 2.18. The number of aromatic hydroxyl groups is 1. The molecule has 4 aromatic rings. The van der Waals surface area contributed by atoms with Crippen LogP contribution < -0.4 is 10.2 Å². The van der Waals surface area contributed by atoms with Crippen molar-refractivity contribution in [1.82, 2.24) is 20.3 Å². The van der Waals surface area contributed by atoms with Crippen molar-refractivity contribution in [2.45, 2.75) is 19.9 Å². The quantitative estimate of drug-likeness (QED) is 0.556. The number of rotatable bonds is 2. The van der Waals surface area contributed by atoms with Crippen molar-refractivity contribution in [2.24, 2.45) is 0 Å². The SMILES string of the molecule is Cc1nc2cc(O)c(-c3ccc4nc(N5CCN[C@@H](C)C5)ccc4n3)cc2o1. The fraction of sp³-hybridized carbons (Fsp3) is 0.286. The second-order valence-electron chi connectivity index (χ2n) is 7.28. The van der Waals surface area contributed by atoms with Gasteiger partial charge in [0.1, 0.15) is 17.1 Å². The highest BCUT2D eigenvalue weighted by Crippen LogP contribution is 2.33. The Balaban J connectivity index is 1.53. The second-order valence-corrected chi connectivity index (χ2v) is 7.28. The summed E-state index contributed by atoms with van der Waals surface area (Å²) in [4.78, 5) is 16.0. The van der Waals surface area contributed by atoms with Crippen molar-refractivity contribution in [3.63, 3.8) is 0 Å². The standard InChI is InChI=1S/C21H21N5O2/c1-12-11-26(8-7-22-12)21-6-5-16-17(25-21)4-3-15(24-16)14-9-20-18(10-19(14)27)23-13(2)28-20/h3-6,9-10,12,22,27H,7-8,11H2,1-2H3/t12-/m0/s1. The Morgan fingerprint density at radius 1 is 1.07 bits per heavy atom. The van der Waals surface area contributed by atoms with Crippen LogP contribution in [0.5, 0.6) is 5.75 Å². The number of nitrogens with one attached hydrogen (secondary N) is 1. The van der Waals surface area contributed by atoms with Gasteiger partial charge in [-0.3, -0.25) is 0 Å². The Morgan fingerprint density at radius 3 is 2.75 bits per heavy atom. The largest absolute Gasteiger partial charge is 0.507 e. The molecule has 0 radical (unpaired) electrons. The average Bonchev–Trinajstić information content (AvgIpc) is 3.05. The Kier molecular flexibility index (Phi) is 3.91. The smallest absolute Gasteiger partial charge is 0.192 e. The number of oxazole rings is 1. The molecular weight excluding hydrogens is 354 g/mol. The fourth-order valence-corrected chi connectivity index (χ4v) is 3.75. The highest BCUT2D eigenvalue weighted by molar-refractivity contribution is 5.86. The number of aryl methyl sites for hydroxylation is 1. The van der Waals surface area contributed by atoms with Crippen LogP contribution >= 0.6 is 0 Å². The maximum absolute atomic E-state index is 10.4. The van der Waals surface area contributed by atoms with E-state index in [9.17, 15) is 5.11 Å². The molecule has 4 heterocycles. The number of aromatic nitrogens is 3. The zero-order chi connectivity index (χ0) is 19.3. The van der Waals surface area contributed by atoms with Gasteiger partial charge in [-0.05, 0) is 37.3 Å². The predicted octanol–water partition coefficient (Wildman–Crippen LogP) is 3.25. The summed E-state index contributed by atoms with van der Waals surface area (Å²) in [5, 5.41) is 13.9. The molecule has 2 N–H and O–H groups in total. The number of pyridine rings is 2. The second kappa shape index (κ2) is 6.45. The van der Waals surface area contributed by atoms with E-state index in [4.69, 9.17) is 14.4 Å². The zero-order valence-electron chi connectivity index (χ0n) is 15.8. The summed E-state index contributed by atoms with van der Waals surface area (Å²) in [6.45, 7) is 6.81. The lowest BCUT2D eigenvalue weighted by Crippen LogP contribution is -2.49. The first-order valence-corrected chi connectivity index (χ1v) is 9.43. The maximum Gasteiger partial charge on any atom is 0.192 e. The number of hydrogen-bond acceptors (Lipinski definition) is 7. The molecule has 1 aliphatic rings. The van der Waals surface area contributed by atoms with Crippen LogP contribution in [0.1, 0.15) is 12.8 Å². The molecule has 0 amide bonds. The molecule has 1 atom stereocenters. The van der Waals surface area contributed by atoms with E-state index >= 15 is 0 Å². The molecule has 7 nitrogen and oxygen atoms in total. The summed E-state index contributed by atoms with van der Waals surface area (Å²) in [5.74, 6) is 1.67. The summed E-state index contributed by atoms with van der Waals surface area (Å²) in [6, 6.07) is 11.7. The van der Waals surface area contributed by atoms with Gasteiger partial charge in [-0.2, -0.15) is 0 Å². The van der Waals surface area contributed by atoms with Crippen molar-refractivity contribution in [3.8, 4) is 17.0 Å². The van der Waals surface area contributed by atoms with Crippen molar-refractivity contribution >= 4 is 28.0 Å². The van der Waals surface area contributed by atoms with Gasteiger partial charge in [0, 0.05) is 44.2 Å². The van der Waals surface area contributed by atoms with Crippen LogP contribution in [0.4, 0.5) is 5.82 Å². The third-order valence-electron chi connectivity index (χ3n) is 5.11. The molecule has 5 rings (SSSR count). The monoisotopic (exact) mass is 375 g/mol. The van der Waals surface area contributed by atoms with Gasteiger partial charge in [-0.15, -0.1) is 0 Å². The Hall–Kier alpha value is -3.19. The number of hydrogen-bond donors (Lipinski definition) is 2. The third kappa shape index (κ3) is 2.93. The lowest BCUT2D eigenvalue weighted by atomic mass is 10.1. The molecule has 28 heavy (non-hydrogen) atoms. The van der Waals surface area contributed by atoms with Crippen LogP contribution in [-0.4, -0.2) is 45.7 Å². The van der Waals surface area contributed by atoms with Gasteiger partial charge in [0.25, 0.3) is 0 Å². The summed E-state index contributed by atoms with van der Waals surface area (Å²) < 4.78 is 5.59. The lowest BCUT2D eigenvalue weighted by molar-refractivity contribution is 0.477. The first-order chi connectivity index (χ1) is 13.6. The Labute approximate surface area is 162 Å². The van der Waals surface area contributed by atoms with Crippen molar-refractivity contribution in [3.05, 3.63) is 42.3 Å². The topological polar surface area (TPSA) is 87.3 Å². The molecule has 1 aromatic carbocycles. The zero-order valence-corrected chi connectivity index (χ0v) is 15.8. The van der Waals surface area contributed by atoms with E-state index in [0.29, 0.717) is 34.3 Å². The minimum absolute atomic E-state index is 0.132. The van der Waals surface area contributed by atoms with Crippen LogP contribution in [0.3, 0.4) is 0 Å². The van der Waals surface area contributed by atoms with E-state index in [1.807, 2.05) is 24.3 Å². The third-order valence-corrected chi connectivity index (χ3v) is 5.11. The first kappa shape index (κ1) is 16.9. The Bertz CT molecular complexity index is 1190. The molecule has 0 unspecified atom stereocenters. The van der Waals surface area contributed by atoms with Crippen molar-refractivity contribution in [2.75, 3.05) is 24.5 Å². The van der Waals surface area contributed by atoms with Gasteiger partial charge in [0.2, 0.25) is 0 Å². The van der Waals surface area contributed by atoms with Crippen LogP contribution in [0.2, 0.25) is 0 Å². The number of benzene rings is 1. The molecule has 1 aliphatic heterocycles. The first-order valence-electron chi connectivity index (χ1n) is 9.43. The molecule has 142 valence electrons. The Morgan fingerprint density at radius 2 is 1.89 bits per heavy atom. The minimum atomic E-state index is 0.132. The number of fused-ring (bicyclic) bond motifs is 2. The number of phenols is 1. The van der Waals surface area contributed by atoms with E-state index in [2.05, 4.69) is 22.1 Å². The molecule has 0 spiro atoms. The number of nitrogens with zero attached hydrogens (tertiary/aromatic N) is 4. The van der Waals surface area contributed by atoms with Crippen molar-refractivity contribution < 1.29 is 9.52 Å². The molecule has 7 heteroatoms. The van der Waals surface area contributed by atoms with Crippen LogP contribution in [0.15, 0.2) is 40.8 Å². The van der Waals surface area contributed by atoms with Gasteiger partial charge in [0.15, 0.2) is 11.5 Å². The lowest BCUT2D eigenvalue weighted by Gasteiger charge is -2.32. The highest BCUT2D eigenvalue weighted by atomic mass is 16.3. The molecule has 0 aliphatic carbocycles. The summed E-state index contributed by atoms with van der Waals surface area (Å²) >= 11 is 0. The average molecular weight is 375 g/mol. The summed E-state index contributed by atoms with van der Waals surface area (Å²) in [7, 11) is 0. The minimum Gasteiger partial charge on any atom is -0.507 e. The van der Waals surface area contributed by atoms with Gasteiger partial charge in [-0.1, -0.05) is 0 Å². The fourth-order valence-electron chi connectivity index (χ4n) is 3.75. The molecule has 0 saturated carbocycles. The molecule has 3 aromatic heterocycles. The molecule has 1 fully saturated rings. The van der Waals surface area contributed by atoms with Crippen LogP contribution in [-0.2, 0) is 0 Å². The van der Waals surface area contributed by atoms with E-state index in [-0.39, 0.29) is 5.75 Å². The van der Waals surface area contributed by atoms with Gasteiger partial charge in [-0.25, -0.2) is 15.0 Å². The van der Waals surface area contributed by atoms with Gasteiger partial charge >= 0.3 is 0 Å². The van der Waals surface area contributed by atoms with E-state index in [1.165, 1.54) is 0 Å². The maximum atomic E-state index is 10.4. The van der Waals surface area contributed by atoms with Crippen molar-refractivity contribution in [1.29, 1.82) is 0 Å². The van der Waals surface area contributed by atoms with Crippen LogP contribution in [0, 0.1) is 6.92 Å². The van der Waals surface area contributed by atoms with E-state index in [1.54, 1.807) is 19.1 Å². The van der Waals surface area contributed by atoms with E-state index < -0.39 is 0 Å². The summed E-state index contributed by atoms with van der Waals surface area (Å²) in [5.41, 5.74) is 4.18. The summed E-state index contributed by atoms with van der Waals surface area (Å²) in [6.07, 6.45) is 0. The molecule has 1 saturated heterocycles. The molecular formula is C21H21N5O2.